The van der Waals surface area contributed by atoms with Crippen molar-refractivity contribution < 1.29 is 149 Å². The summed E-state index contributed by atoms with van der Waals surface area (Å²) in [4.78, 5) is 0. The van der Waals surface area contributed by atoms with Crippen LogP contribution < -0.4 is 0 Å². The minimum Gasteiger partial charge on any atom is -0.194 e. The van der Waals surface area contributed by atoms with Crippen molar-refractivity contribution in [3.05, 3.63) is 57.6 Å². The fourth-order valence-electron chi connectivity index (χ4n) is 4.69. The smallest absolute Gasteiger partial charge is 0.194 e. The van der Waals surface area contributed by atoms with Gasteiger partial charge in [-0.2, -0.15) is 149 Å². The normalized spacial score (nSPS) is 16.1. The quantitative estimate of drug-likeness (QED) is 0.156. The molecule has 0 atom stereocenters. The number of hydrogen-bond acceptors (Lipinski definition) is 0. The van der Waals surface area contributed by atoms with Gasteiger partial charge in [0.05, 0.1) is 0 Å². The Kier molecular flexibility index (Phi) is 13.4. The first-order chi connectivity index (χ1) is 27.5. The summed E-state index contributed by atoms with van der Waals surface area (Å²) in [5.74, 6) is -125. The Labute approximate surface area is 337 Å². The zero-order valence-corrected chi connectivity index (χ0v) is 29.6. The molecule has 370 valence electrons. The standard InChI is InChI=1S/C28H6Cl2F34/c29-7-1-3-9(11(5-7)13(31,32)15(35,36)17(39,40)19(43,44)21(47,48)23(51,52)25(55,56)27(59,60)61)10-4-2-8(30)6-12(10)14(33,34)16(37,38)18(41,42)20(45,46)22(49,50)24(53,54)26(57,58)28(62,63)64/h1-6H. The first-order valence-electron chi connectivity index (χ1n) is 14.5. The van der Waals surface area contributed by atoms with Crippen LogP contribution in [0, 0.1) is 0 Å². The molecule has 0 nitrogen and oxygen atoms in total. The zero-order chi connectivity index (χ0) is 51.7. The second kappa shape index (κ2) is 15.1. The van der Waals surface area contributed by atoms with Gasteiger partial charge < -0.3 is 0 Å². The Morgan fingerprint density at radius 1 is 0.234 bits per heavy atom. The Morgan fingerprint density at radius 2 is 0.406 bits per heavy atom. The molecule has 0 bridgehead atoms. The number of rotatable bonds is 15. The lowest BCUT2D eigenvalue weighted by Gasteiger charge is -2.43. The maximum Gasteiger partial charge on any atom is 0.460 e. The minimum absolute atomic E-state index is 0.268. The van der Waals surface area contributed by atoms with Crippen LogP contribution in [0.2, 0.25) is 10.0 Å². The van der Waals surface area contributed by atoms with Gasteiger partial charge in [0.25, 0.3) is 0 Å². The molecular weight excluding hydrogens is 1050 g/mol. The summed E-state index contributed by atoms with van der Waals surface area (Å²) in [6.45, 7) is 0. The molecule has 2 rings (SSSR count). The fourth-order valence-corrected chi connectivity index (χ4v) is 5.03. The van der Waals surface area contributed by atoms with Crippen molar-refractivity contribution in [2.24, 2.45) is 0 Å². The van der Waals surface area contributed by atoms with Gasteiger partial charge in [0, 0.05) is 21.2 Å². The molecule has 0 spiro atoms. The van der Waals surface area contributed by atoms with E-state index >= 15 is 17.6 Å². The largest absolute Gasteiger partial charge is 0.460 e. The van der Waals surface area contributed by atoms with Crippen LogP contribution >= 0.6 is 23.2 Å². The molecule has 64 heavy (non-hydrogen) atoms. The van der Waals surface area contributed by atoms with Gasteiger partial charge in [-0.1, -0.05) is 35.3 Å². The van der Waals surface area contributed by atoms with Gasteiger partial charge in [0.1, 0.15) is 0 Å². The molecule has 0 aromatic heterocycles. The summed E-state index contributed by atoms with van der Waals surface area (Å²) in [5, 5.41) is -3.63. The highest BCUT2D eigenvalue weighted by Gasteiger charge is 2.97. The summed E-state index contributed by atoms with van der Waals surface area (Å²) >= 11 is 10.2. The summed E-state index contributed by atoms with van der Waals surface area (Å²) in [7, 11) is 0. The van der Waals surface area contributed by atoms with Crippen molar-refractivity contribution in [3.8, 4) is 11.1 Å². The molecule has 0 unspecified atom stereocenters. The molecule has 0 N–H and O–H groups in total. The van der Waals surface area contributed by atoms with E-state index in [0.717, 1.165) is 0 Å². The molecular formula is C28H6Cl2F34. The van der Waals surface area contributed by atoms with Crippen LogP contribution in [0.4, 0.5) is 149 Å². The van der Waals surface area contributed by atoms with Crippen molar-refractivity contribution in [3.63, 3.8) is 0 Å². The highest BCUT2D eigenvalue weighted by molar-refractivity contribution is 6.31. The van der Waals surface area contributed by atoms with E-state index < -0.39 is 152 Å². The second-order valence-corrected chi connectivity index (χ2v) is 13.3. The van der Waals surface area contributed by atoms with E-state index in [2.05, 4.69) is 0 Å². The molecule has 0 saturated heterocycles. The SMILES string of the molecule is FC(F)(F)C(F)(F)C(F)(F)C(F)(F)C(F)(F)C(F)(F)C(F)(F)C(F)(F)c1cc(Cl)ccc1-c1ccc(Cl)cc1C(F)(F)C(F)(F)C(F)(F)C(F)(F)C(F)(F)C(F)(F)C(F)(F)C(F)(F)F. The Hall–Kier alpha value is -3.36. The van der Waals surface area contributed by atoms with E-state index in [-0.39, 0.29) is 12.1 Å². The van der Waals surface area contributed by atoms with Gasteiger partial charge in [-0.3, -0.25) is 0 Å². The number of alkyl halides is 34. The first-order valence-corrected chi connectivity index (χ1v) is 15.3. The maximum atomic E-state index is 15.4. The molecule has 0 aliphatic heterocycles. The van der Waals surface area contributed by atoms with Gasteiger partial charge >= 0.3 is 95.3 Å². The third-order valence-electron chi connectivity index (χ3n) is 8.37. The number of hydrogen-bond donors (Lipinski definition) is 0. The van der Waals surface area contributed by atoms with E-state index in [1.165, 1.54) is 0 Å². The van der Waals surface area contributed by atoms with Gasteiger partial charge in [-0.15, -0.1) is 0 Å². The van der Waals surface area contributed by atoms with E-state index in [0.29, 0.717) is 0 Å². The van der Waals surface area contributed by atoms with Crippen molar-refractivity contribution in [2.75, 3.05) is 0 Å². The third kappa shape index (κ3) is 7.19. The first kappa shape index (κ1) is 56.8. The molecule has 36 heteroatoms. The lowest BCUT2D eigenvalue weighted by molar-refractivity contribution is -0.462. The topological polar surface area (TPSA) is 0 Å². The molecule has 0 saturated carbocycles. The van der Waals surface area contributed by atoms with Gasteiger partial charge in [0.15, 0.2) is 0 Å². The summed E-state index contributed by atoms with van der Waals surface area (Å²) in [6, 6.07) is -4.40. The minimum atomic E-state index is -9.33. The predicted octanol–water partition coefficient (Wildman–Crippen LogP) is 15.6. The van der Waals surface area contributed by atoms with Crippen molar-refractivity contribution in [2.45, 2.75) is 95.3 Å². The Balaban J connectivity index is 3.07. The van der Waals surface area contributed by atoms with Crippen LogP contribution in [-0.2, 0) is 11.8 Å². The van der Waals surface area contributed by atoms with Gasteiger partial charge in [-0.25, -0.2) is 0 Å². The van der Waals surface area contributed by atoms with Gasteiger partial charge in [0.2, 0.25) is 0 Å². The summed E-state index contributed by atoms with van der Waals surface area (Å²) in [6.07, 6.45) is -16.4. The van der Waals surface area contributed by atoms with E-state index in [9.17, 15) is 132 Å². The molecule has 0 aliphatic rings. The molecule has 0 amide bonds. The van der Waals surface area contributed by atoms with Crippen LogP contribution in [0.15, 0.2) is 36.4 Å². The highest BCUT2D eigenvalue weighted by atomic mass is 35.5. The van der Waals surface area contributed by atoms with Crippen LogP contribution in [-0.4, -0.2) is 83.4 Å². The van der Waals surface area contributed by atoms with Crippen LogP contribution in [0.5, 0.6) is 0 Å². The van der Waals surface area contributed by atoms with Crippen LogP contribution in [0.1, 0.15) is 11.1 Å². The van der Waals surface area contributed by atoms with Crippen molar-refractivity contribution >= 4 is 23.2 Å². The number of benzene rings is 2. The average molecular weight is 1060 g/mol. The van der Waals surface area contributed by atoms with Crippen molar-refractivity contribution in [1.82, 2.24) is 0 Å². The van der Waals surface area contributed by atoms with Gasteiger partial charge in [-0.05, 0) is 35.4 Å². The summed E-state index contributed by atoms with van der Waals surface area (Å²) in [5.41, 5.74) is -13.2. The second-order valence-electron chi connectivity index (χ2n) is 12.4. The predicted molar refractivity (Wildman–Crippen MR) is 141 cm³/mol. The highest BCUT2D eigenvalue weighted by Crippen LogP contribution is 2.68. The van der Waals surface area contributed by atoms with E-state index in [1.807, 2.05) is 0 Å². The summed E-state index contributed by atoms with van der Waals surface area (Å²) < 4.78 is 474. The lowest BCUT2D eigenvalue weighted by atomic mass is 9.82. The molecule has 0 fully saturated rings. The van der Waals surface area contributed by atoms with Crippen LogP contribution in [0.25, 0.3) is 11.1 Å². The molecule has 0 aliphatic carbocycles. The molecule has 2 aromatic carbocycles. The molecule has 0 radical (unpaired) electrons. The average Bonchev–Trinajstić information content (AvgIpc) is 3.09. The van der Waals surface area contributed by atoms with E-state index in [1.54, 1.807) is 0 Å². The molecule has 0 heterocycles. The molecule has 2 aromatic rings. The third-order valence-corrected chi connectivity index (χ3v) is 8.84. The number of halogens is 36. The zero-order valence-electron chi connectivity index (χ0n) is 28.1. The van der Waals surface area contributed by atoms with E-state index in [4.69, 9.17) is 23.2 Å². The van der Waals surface area contributed by atoms with Crippen molar-refractivity contribution in [1.29, 1.82) is 0 Å². The Morgan fingerprint density at radius 3 is 0.594 bits per heavy atom. The van der Waals surface area contributed by atoms with Crippen LogP contribution in [0.3, 0.4) is 0 Å². The lowest BCUT2D eigenvalue weighted by Crippen LogP contribution is -2.74. The fraction of sp³-hybridized carbons (Fsp3) is 0.571. The Bertz CT molecular complexity index is 1910. The monoisotopic (exact) mass is 1060 g/mol. The maximum absolute atomic E-state index is 15.4.